The molecule has 0 heterocycles. The highest BCUT2D eigenvalue weighted by molar-refractivity contribution is 7.87. The molecule has 0 aliphatic heterocycles. The molecule has 14 heavy (non-hydrogen) atoms. The Hall–Kier alpha value is -0.950. The normalized spacial score (nSPS) is 11.6. The molecule has 0 saturated heterocycles. The summed E-state index contributed by atoms with van der Waals surface area (Å²) in [5, 5.41) is 4.80. The van der Waals surface area contributed by atoms with E-state index in [2.05, 4.69) is 4.72 Å². The minimum absolute atomic E-state index is 0.173. The van der Waals surface area contributed by atoms with Crippen molar-refractivity contribution in [2.75, 3.05) is 0 Å². The molecule has 5 nitrogen and oxygen atoms in total. The van der Waals surface area contributed by atoms with Crippen LogP contribution in [0.5, 0.6) is 0 Å². The van der Waals surface area contributed by atoms with Gasteiger partial charge in [-0.15, -0.1) is 0 Å². The summed E-state index contributed by atoms with van der Waals surface area (Å²) in [5.74, 6) is 0. The first-order valence-corrected chi connectivity index (χ1v) is 5.62. The molecule has 0 aliphatic rings. The van der Waals surface area contributed by atoms with Gasteiger partial charge in [-0.25, -0.2) is 5.14 Å². The van der Waals surface area contributed by atoms with Crippen molar-refractivity contribution in [1.82, 2.24) is 4.72 Å². The zero-order chi connectivity index (χ0) is 10.6. The largest absolute Gasteiger partial charge is 0.326 e. The predicted molar refractivity (Wildman–Crippen MR) is 54.3 cm³/mol. The molecule has 0 atom stereocenters. The van der Waals surface area contributed by atoms with Crippen molar-refractivity contribution < 1.29 is 8.42 Å². The molecule has 0 amide bonds. The van der Waals surface area contributed by atoms with Crippen LogP contribution in [0.1, 0.15) is 11.1 Å². The van der Waals surface area contributed by atoms with E-state index in [4.69, 9.17) is 10.9 Å². The van der Waals surface area contributed by atoms with Crippen molar-refractivity contribution in [3.8, 4) is 0 Å². The van der Waals surface area contributed by atoms with E-state index in [0.717, 1.165) is 11.1 Å². The van der Waals surface area contributed by atoms with Gasteiger partial charge in [-0.1, -0.05) is 24.3 Å². The van der Waals surface area contributed by atoms with Gasteiger partial charge in [0.25, 0.3) is 10.2 Å². The Balaban J connectivity index is 2.76. The van der Waals surface area contributed by atoms with Gasteiger partial charge in [-0.3, -0.25) is 0 Å². The Bertz CT molecular complexity index is 403. The Morgan fingerprint density at radius 2 is 1.79 bits per heavy atom. The highest BCUT2D eigenvalue weighted by Crippen LogP contribution is 2.07. The van der Waals surface area contributed by atoms with Crippen LogP contribution in [0, 0.1) is 0 Å². The smallest absolute Gasteiger partial charge is 0.274 e. The van der Waals surface area contributed by atoms with Crippen molar-refractivity contribution in [2.24, 2.45) is 10.9 Å². The van der Waals surface area contributed by atoms with E-state index in [0.29, 0.717) is 6.54 Å². The second-order valence-corrected chi connectivity index (χ2v) is 4.22. The third-order valence-corrected chi connectivity index (χ3v) is 2.35. The Morgan fingerprint density at radius 1 is 1.21 bits per heavy atom. The second-order valence-electron chi connectivity index (χ2n) is 2.84. The van der Waals surface area contributed by atoms with Crippen LogP contribution in [-0.4, -0.2) is 8.42 Å². The number of nitrogens with two attached hydrogens (primary N) is 2. The van der Waals surface area contributed by atoms with E-state index in [1.54, 1.807) is 6.07 Å². The lowest BCUT2D eigenvalue weighted by Gasteiger charge is -2.07. The molecule has 0 unspecified atom stereocenters. The molecule has 0 fully saturated rings. The van der Waals surface area contributed by atoms with Gasteiger partial charge in [0.15, 0.2) is 0 Å². The van der Waals surface area contributed by atoms with Gasteiger partial charge in [0.05, 0.1) is 0 Å². The quantitative estimate of drug-likeness (QED) is 0.627. The Labute approximate surface area is 83.3 Å². The summed E-state index contributed by atoms with van der Waals surface area (Å²) < 4.78 is 23.5. The molecule has 0 saturated carbocycles. The number of hydrogen-bond donors (Lipinski definition) is 3. The summed E-state index contributed by atoms with van der Waals surface area (Å²) >= 11 is 0. The first-order valence-electron chi connectivity index (χ1n) is 4.07. The van der Waals surface area contributed by atoms with Gasteiger partial charge in [-0.05, 0) is 11.1 Å². The first-order chi connectivity index (χ1) is 6.53. The van der Waals surface area contributed by atoms with Crippen LogP contribution in [0.4, 0.5) is 0 Å². The Kier molecular flexibility index (Phi) is 3.59. The summed E-state index contributed by atoms with van der Waals surface area (Å²) in [6, 6.07) is 7.32. The fourth-order valence-electron chi connectivity index (χ4n) is 1.11. The lowest BCUT2D eigenvalue weighted by molar-refractivity contribution is 0.583. The Morgan fingerprint density at radius 3 is 2.29 bits per heavy atom. The SMILES string of the molecule is NCc1ccccc1CNS(N)(=O)=O. The predicted octanol–water partition coefficient (Wildman–Crippen LogP) is -0.562. The van der Waals surface area contributed by atoms with Gasteiger partial charge in [-0.2, -0.15) is 13.1 Å². The number of benzene rings is 1. The molecule has 0 radical (unpaired) electrons. The van der Waals surface area contributed by atoms with Crippen LogP contribution in [0.25, 0.3) is 0 Å². The van der Waals surface area contributed by atoms with Crippen LogP contribution in [0.3, 0.4) is 0 Å². The third-order valence-electron chi connectivity index (χ3n) is 1.80. The third kappa shape index (κ3) is 3.43. The number of hydrogen-bond acceptors (Lipinski definition) is 3. The molecule has 0 aliphatic carbocycles. The molecule has 1 aromatic carbocycles. The van der Waals surface area contributed by atoms with Crippen LogP contribution in [0.15, 0.2) is 24.3 Å². The van der Waals surface area contributed by atoms with E-state index in [9.17, 15) is 8.42 Å². The average Bonchev–Trinajstić information content (AvgIpc) is 2.14. The maximum absolute atomic E-state index is 10.6. The number of rotatable bonds is 4. The van der Waals surface area contributed by atoms with Crippen LogP contribution >= 0.6 is 0 Å². The standard InChI is InChI=1S/C8H13N3O2S/c9-5-7-3-1-2-4-8(7)6-11-14(10,12)13/h1-4,11H,5-6,9H2,(H2,10,12,13). The van der Waals surface area contributed by atoms with Gasteiger partial charge in [0, 0.05) is 13.1 Å². The highest BCUT2D eigenvalue weighted by atomic mass is 32.2. The minimum atomic E-state index is -3.64. The van der Waals surface area contributed by atoms with Crippen LogP contribution in [-0.2, 0) is 23.3 Å². The van der Waals surface area contributed by atoms with Crippen LogP contribution in [0.2, 0.25) is 0 Å². The van der Waals surface area contributed by atoms with E-state index < -0.39 is 10.2 Å². The lowest BCUT2D eigenvalue weighted by atomic mass is 10.1. The van der Waals surface area contributed by atoms with Crippen molar-refractivity contribution in [1.29, 1.82) is 0 Å². The van der Waals surface area contributed by atoms with Gasteiger partial charge in [0.2, 0.25) is 0 Å². The summed E-state index contributed by atoms with van der Waals surface area (Å²) in [6.45, 7) is 0.550. The first kappa shape index (κ1) is 11.1. The highest BCUT2D eigenvalue weighted by Gasteiger charge is 2.03. The molecular weight excluding hydrogens is 202 g/mol. The maximum Gasteiger partial charge on any atom is 0.274 e. The van der Waals surface area contributed by atoms with E-state index >= 15 is 0 Å². The fraction of sp³-hybridized carbons (Fsp3) is 0.250. The molecule has 1 rings (SSSR count). The van der Waals surface area contributed by atoms with Crippen molar-refractivity contribution in [3.05, 3.63) is 35.4 Å². The molecular formula is C8H13N3O2S. The van der Waals surface area contributed by atoms with Crippen LogP contribution < -0.4 is 15.6 Å². The van der Waals surface area contributed by atoms with Crippen molar-refractivity contribution in [3.63, 3.8) is 0 Å². The number of nitrogens with one attached hydrogen (secondary N) is 1. The molecule has 78 valence electrons. The molecule has 1 aromatic rings. The van der Waals surface area contributed by atoms with Crippen molar-refractivity contribution >= 4 is 10.2 Å². The molecule has 0 aromatic heterocycles. The summed E-state index contributed by atoms with van der Waals surface area (Å²) in [7, 11) is -3.64. The molecule has 0 spiro atoms. The van der Waals surface area contributed by atoms with E-state index in [1.165, 1.54) is 0 Å². The average molecular weight is 215 g/mol. The summed E-state index contributed by atoms with van der Waals surface area (Å²) in [5.41, 5.74) is 7.22. The molecule has 5 N–H and O–H groups in total. The topological polar surface area (TPSA) is 98.2 Å². The monoisotopic (exact) mass is 215 g/mol. The summed E-state index contributed by atoms with van der Waals surface area (Å²) in [6.07, 6.45) is 0. The zero-order valence-corrected chi connectivity index (χ0v) is 8.42. The van der Waals surface area contributed by atoms with E-state index in [1.807, 2.05) is 18.2 Å². The van der Waals surface area contributed by atoms with Gasteiger partial charge >= 0.3 is 0 Å². The van der Waals surface area contributed by atoms with Crippen molar-refractivity contribution in [2.45, 2.75) is 13.1 Å². The molecule has 6 heteroatoms. The summed E-state index contributed by atoms with van der Waals surface area (Å²) in [4.78, 5) is 0. The molecule has 0 bridgehead atoms. The minimum Gasteiger partial charge on any atom is -0.326 e. The second kappa shape index (κ2) is 4.52. The fourth-order valence-corrected chi connectivity index (χ4v) is 1.46. The van der Waals surface area contributed by atoms with Gasteiger partial charge in [0.1, 0.15) is 0 Å². The zero-order valence-electron chi connectivity index (χ0n) is 7.60. The van der Waals surface area contributed by atoms with E-state index in [-0.39, 0.29) is 6.54 Å². The lowest BCUT2D eigenvalue weighted by Crippen LogP contribution is -2.30. The van der Waals surface area contributed by atoms with Gasteiger partial charge < -0.3 is 5.73 Å². The maximum atomic E-state index is 10.6.